The highest BCUT2D eigenvalue weighted by atomic mass is 127. The Labute approximate surface area is 190 Å². The van der Waals surface area contributed by atoms with E-state index < -0.39 is 0 Å². The molecule has 1 aliphatic rings. The number of hydrogen-bond acceptors (Lipinski definition) is 3. The van der Waals surface area contributed by atoms with Gasteiger partial charge in [-0.2, -0.15) is 0 Å². The standard InChI is InChI=1S/C21H31FN6.HI/c1-16-7-9-27(14-20(16)28-10-8-24-15-28)21(23-2)25-12-17-5-6-19(22)18(11-17)13-26(3)4;/h5-6,8,10-11,15-16,20H,7,9,12-14H2,1-4H3,(H,23,25);1H. The summed E-state index contributed by atoms with van der Waals surface area (Å²) >= 11 is 0. The summed E-state index contributed by atoms with van der Waals surface area (Å²) in [4.78, 5) is 13.0. The van der Waals surface area contributed by atoms with E-state index in [0.29, 0.717) is 30.6 Å². The molecule has 0 saturated carbocycles. The van der Waals surface area contributed by atoms with Crippen molar-refractivity contribution in [2.24, 2.45) is 10.9 Å². The number of rotatable bonds is 5. The van der Waals surface area contributed by atoms with Gasteiger partial charge in [-0.05, 0) is 44.1 Å². The van der Waals surface area contributed by atoms with E-state index in [1.807, 2.05) is 56.9 Å². The highest BCUT2D eigenvalue weighted by molar-refractivity contribution is 14.0. The largest absolute Gasteiger partial charge is 0.352 e. The first-order valence-corrected chi connectivity index (χ1v) is 9.83. The first-order chi connectivity index (χ1) is 13.5. The summed E-state index contributed by atoms with van der Waals surface area (Å²) in [6.07, 6.45) is 6.86. The Morgan fingerprint density at radius 1 is 1.38 bits per heavy atom. The van der Waals surface area contributed by atoms with Gasteiger partial charge in [-0.15, -0.1) is 24.0 Å². The van der Waals surface area contributed by atoms with Gasteiger partial charge in [0.15, 0.2) is 5.96 Å². The Morgan fingerprint density at radius 3 is 2.83 bits per heavy atom. The van der Waals surface area contributed by atoms with Crippen LogP contribution < -0.4 is 5.32 Å². The van der Waals surface area contributed by atoms with Crippen molar-refractivity contribution in [3.63, 3.8) is 0 Å². The third kappa shape index (κ3) is 6.15. The van der Waals surface area contributed by atoms with E-state index in [4.69, 9.17) is 0 Å². The Morgan fingerprint density at radius 2 is 2.17 bits per heavy atom. The topological polar surface area (TPSA) is 48.7 Å². The Bertz CT molecular complexity index is 792. The van der Waals surface area contributed by atoms with Gasteiger partial charge in [0.2, 0.25) is 0 Å². The number of halogens is 2. The van der Waals surface area contributed by atoms with E-state index in [0.717, 1.165) is 31.0 Å². The van der Waals surface area contributed by atoms with Crippen LogP contribution in [0.4, 0.5) is 4.39 Å². The van der Waals surface area contributed by atoms with Crippen molar-refractivity contribution in [2.45, 2.75) is 32.5 Å². The molecule has 160 valence electrons. The molecule has 0 bridgehead atoms. The molecule has 0 spiro atoms. The molecule has 1 saturated heterocycles. The lowest BCUT2D eigenvalue weighted by molar-refractivity contribution is 0.189. The lowest BCUT2D eigenvalue weighted by Crippen LogP contribution is -2.48. The number of benzene rings is 1. The molecule has 0 aliphatic carbocycles. The fourth-order valence-electron chi connectivity index (χ4n) is 3.81. The van der Waals surface area contributed by atoms with Crippen LogP contribution >= 0.6 is 24.0 Å². The zero-order chi connectivity index (χ0) is 20.1. The fourth-order valence-corrected chi connectivity index (χ4v) is 3.81. The summed E-state index contributed by atoms with van der Waals surface area (Å²) in [6.45, 7) is 5.37. The van der Waals surface area contributed by atoms with Crippen LogP contribution in [-0.4, -0.2) is 59.5 Å². The van der Waals surface area contributed by atoms with E-state index in [1.54, 1.807) is 6.07 Å². The predicted molar refractivity (Wildman–Crippen MR) is 126 cm³/mol. The molecule has 29 heavy (non-hydrogen) atoms. The van der Waals surface area contributed by atoms with Crippen molar-refractivity contribution < 1.29 is 4.39 Å². The van der Waals surface area contributed by atoms with Gasteiger partial charge in [0, 0.05) is 51.2 Å². The number of aromatic nitrogens is 2. The van der Waals surface area contributed by atoms with E-state index in [2.05, 4.69) is 31.7 Å². The predicted octanol–water partition coefficient (Wildman–Crippen LogP) is 3.36. The van der Waals surface area contributed by atoms with Gasteiger partial charge in [0.1, 0.15) is 5.82 Å². The maximum absolute atomic E-state index is 14.0. The van der Waals surface area contributed by atoms with E-state index >= 15 is 0 Å². The first kappa shape index (κ1) is 23.6. The van der Waals surface area contributed by atoms with Crippen LogP contribution in [0.3, 0.4) is 0 Å². The van der Waals surface area contributed by atoms with E-state index in [1.165, 1.54) is 0 Å². The average Bonchev–Trinajstić information content (AvgIpc) is 3.20. The normalized spacial score (nSPS) is 19.9. The summed E-state index contributed by atoms with van der Waals surface area (Å²) in [5, 5.41) is 3.45. The number of hydrogen-bond donors (Lipinski definition) is 1. The number of guanidine groups is 1. The number of nitrogens with one attached hydrogen (secondary N) is 1. The summed E-state index contributed by atoms with van der Waals surface area (Å²) in [5.41, 5.74) is 1.77. The van der Waals surface area contributed by atoms with Crippen LogP contribution in [0.25, 0.3) is 0 Å². The van der Waals surface area contributed by atoms with Crippen molar-refractivity contribution in [1.82, 2.24) is 24.7 Å². The van der Waals surface area contributed by atoms with Crippen molar-refractivity contribution in [1.29, 1.82) is 0 Å². The minimum Gasteiger partial charge on any atom is -0.352 e. The highest BCUT2D eigenvalue weighted by Crippen LogP contribution is 2.27. The molecule has 1 aromatic carbocycles. The average molecular weight is 514 g/mol. The van der Waals surface area contributed by atoms with Crippen LogP contribution in [0.15, 0.2) is 41.9 Å². The molecule has 1 aromatic heterocycles. The molecule has 0 radical (unpaired) electrons. The van der Waals surface area contributed by atoms with Crippen molar-refractivity contribution in [3.8, 4) is 0 Å². The molecule has 2 atom stereocenters. The number of imidazole rings is 1. The fraction of sp³-hybridized carbons (Fsp3) is 0.524. The Hall–Kier alpha value is -1.68. The Kier molecular flexibility index (Phi) is 8.88. The Balaban J connectivity index is 0.00000300. The molecule has 2 aromatic rings. The number of piperidine rings is 1. The maximum atomic E-state index is 14.0. The third-order valence-corrected chi connectivity index (χ3v) is 5.39. The SMILES string of the molecule is CN=C(NCc1ccc(F)c(CN(C)C)c1)N1CCC(C)C(n2ccnc2)C1.I. The summed E-state index contributed by atoms with van der Waals surface area (Å²) in [5.74, 6) is 1.32. The van der Waals surface area contributed by atoms with E-state index in [9.17, 15) is 4.39 Å². The van der Waals surface area contributed by atoms with Gasteiger partial charge in [-0.1, -0.05) is 13.0 Å². The van der Waals surface area contributed by atoms with Gasteiger partial charge in [-0.3, -0.25) is 4.99 Å². The van der Waals surface area contributed by atoms with Gasteiger partial charge >= 0.3 is 0 Å². The number of nitrogens with zero attached hydrogens (tertiary/aromatic N) is 5. The van der Waals surface area contributed by atoms with E-state index in [-0.39, 0.29) is 29.8 Å². The third-order valence-electron chi connectivity index (χ3n) is 5.39. The number of aliphatic imine (C=N–C) groups is 1. The smallest absolute Gasteiger partial charge is 0.193 e. The molecule has 1 aliphatic heterocycles. The van der Waals surface area contributed by atoms with Gasteiger partial charge < -0.3 is 19.7 Å². The molecule has 2 unspecified atom stereocenters. The molecular weight excluding hydrogens is 482 g/mol. The van der Waals surface area contributed by atoms with Crippen molar-refractivity contribution in [2.75, 3.05) is 34.2 Å². The molecule has 1 fully saturated rings. The second-order valence-corrected chi connectivity index (χ2v) is 7.85. The van der Waals surface area contributed by atoms with Crippen LogP contribution in [0.2, 0.25) is 0 Å². The molecule has 6 nitrogen and oxygen atoms in total. The van der Waals surface area contributed by atoms with Crippen LogP contribution in [0, 0.1) is 11.7 Å². The van der Waals surface area contributed by atoms with Crippen LogP contribution in [0.5, 0.6) is 0 Å². The lowest BCUT2D eigenvalue weighted by Gasteiger charge is -2.39. The van der Waals surface area contributed by atoms with Gasteiger partial charge in [0.05, 0.1) is 12.4 Å². The van der Waals surface area contributed by atoms with Gasteiger partial charge in [-0.25, -0.2) is 9.37 Å². The van der Waals surface area contributed by atoms with Crippen LogP contribution in [0.1, 0.15) is 30.5 Å². The minimum absolute atomic E-state index is 0. The molecule has 1 N–H and O–H groups in total. The molecule has 0 amide bonds. The summed E-state index contributed by atoms with van der Waals surface area (Å²) in [6, 6.07) is 5.70. The first-order valence-electron chi connectivity index (χ1n) is 9.83. The molecule has 8 heteroatoms. The summed E-state index contributed by atoms with van der Waals surface area (Å²) < 4.78 is 16.2. The lowest BCUT2D eigenvalue weighted by atomic mass is 9.93. The zero-order valence-corrected chi connectivity index (χ0v) is 20.0. The quantitative estimate of drug-likeness (QED) is 0.378. The highest BCUT2D eigenvalue weighted by Gasteiger charge is 2.28. The minimum atomic E-state index is -0.157. The monoisotopic (exact) mass is 514 g/mol. The summed E-state index contributed by atoms with van der Waals surface area (Å²) in [7, 11) is 5.70. The number of likely N-dealkylation sites (tertiary alicyclic amines) is 1. The van der Waals surface area contributed by atoms with Gasteiger partial charge in [0.25, 0.3) is 0 Å². The van der Waals surface area contributed by atoms with Crippen molar-refractivity contribution in [3.05, 3.63) is 53.9 Å². The van der Waals surface area contributed by atoms with Crippen molar-refractivity contribution >= 4 is 29.9 Å². The maximum Gasteiger partial charge on any atom is 0.193 e. The van der Waals surface area contributed by atoms with Crippen LogP contribution in [-0.2, 0) is 13.1 Å². The second kappa shape index (κ2) is 10.9. The molecule has 3 rings (SSSR count). The molecule has 2 heterocycles. The zero-order valence-electron chi connectivity index (χ0n) is 17.7. The molecular formula is C21H32FIN6. The second-order valence-electron chi connectivity index (χ2n) is 7.85.